The number of thiazole rings is 1. The van der Waals surface area contributed by atoms with E-state index >= 15 is 0 Å². The number of carbonyl (C=O) groups is 1. The summed E-state index contributed by atoms with van der Waals surface area (Å²) in [6.07, 6.45) is 1.65. The van der Waals surface area contributed by atoms with Crippen molar-refractivity contribution in [2.24, 2.45) is 0 Å². The molecule has 4 heterocycles. The van der Waals surface area contributed by atoms with E-state index in [0.29, 0.717) is 47.7 Å². The zero-order chi connectivity index (χ0) is 28.4. The lowest BCUT2D eigenvalue weighted by molar-refractivity contribution is -0.117. The van der Waals surface area contributed by atoms with E-state index < -0.39 is 6.35 Å². The Morgan fingerprint density at radius 2 is 1.98 bits per heavy atom. The number of benzene rings is 1. The summed E-state index contributed by atoms with van der Waals surface area (Å²) in [4.78, 5) is 28.8. The van der Waals surface area contributed by atoms with E-state index in [0.717, 1.165) is 5.69 Å². The minimum absolute atomic E-state index is 0.185. The third-order valence-corrected chi connectivity index (χ3v) is 7.94. The first kappa shape index (κ1) is 28.2. The highest BCUT2D eigenvalue weighted by atomic mass is 35.5. The number of carbonyl (C=O) groups excluding carboxylic acids is 1. The highest BCUT2D eigenvalue weighted by Gasteiger charge is 2.37. The van der Waals surface area contributed by atoms with Crippen LogP contribution in [0.4, 0.5) is 17.5 Å². The molecule has 2 aromatic heterocycles. The SMILES string of the molecule is C=CC(=O)NC1COCC1Nc1ncc2c(n1)N(Cc1cscn1)C(O)N(c1c(Cl)c(OC)cc(OC)c1Cl)C2. The molecule has 3 aromatic rings. The first-order valence-corrected chi connectivity index (χ1v) is 13.9. The molecule has 0 saturated carbocycles. The van der Waals surface area contributed by atoms with Crippen molar-refractivity contribution in [3.05, 3.63) is 57.1 Å². The lowest BCUT2D eigenvalue weighted by atomic mass is 10.1. The molecule has 0 aliphatic carbocycles. The Morgan fingerprint density at radius 3 is 2.62 bits per heavy atom. The number of aliphatic hydroxyl groups excluding tert-OH is 1. The topological polar surface area (TPSA) is 134 Å². The molecule has 40 heavy (non-hydrogen) atoms. The van der Waals surface area contributed by atoms with Crippen molar-refractivity contribution in [1.29, 1.82) is 0 Å². The second kappa shape index (κ2) is 12.0. The third-order valence-electron chi connectivity index (χ3n) is 6.57. The van der Waals surface area contributed by atoms with E-state index in [2.05, 4.69) is 27.2 Å². The fraction of sp³-hybridized carbons (Fsp3) is 0.360. The molecule has 0 bridgehead atoms. The van der Waals surface area contributed by atoms with Crippen molar-refractivity contribution in [2.75, 3.05) is 42.5 Å². The Kier molecular flexibility index (Phi) is 8.47. The summed E-state index contributed by atoms with van der Waals surface area (Å²) < 4.78 is 16.4. The highest BCUT2D eigenvalue weighted by molar-refractivity contribution is 7.07. The van der Waals surface area contributed by atoms with Crippen LogP contribution in [0.3, 0.4) is 0 Å². The quantitative estimate of drug-likeness (QED) is 0.310. The van der Waals surface area contributed by atoms with E-state index in [1.807, 2.05) is 5.38 Å². The molecule has 5 rings (SSSR count). The molecule has 1 fully saturated rings. The van der Waals surface area contributed by atoms with Crippen molar-refractivity contribution in [1.82, 2.24) is 20.3 Å². The van der Waals surface area contributed by atoms with Gasteiger partial charge in [-0.2, -0.15) is 4.98 Å². The van der Waals surface area contributed by atoms with Crippen LogP contribution < -0.4 is 29.9 Å². The second-order valence-electron chi connectivity index (χ2n) is 8.99. The Labute approximate surface area is 244 Å². The molecule has 1 amide bonds. The molecular formula is C25H27Cl2N7O5S. The summed E-state index contributed by atoms with van der Waals surface area (Å²) >= 11 is 14.9. The van der Waals surface area contributed by atoms with Gasteiger partial charge < -0.3 is 39.8 Å². The molecule has 2 aliphatic rings. The number of hydrogen-bond acceptors (Lipinski definition) is 12. The lowest BCUT2D eigenvalue weighted by Gasteiger charge is -2.43. The number of amides is 1. The van der Waals surface area contributed by atoms with Crippen molar-refractivity contribution in [2.45, 2.75) is 31.5 Å². The minimum atomic E-state index is -1.24. The van der Waals surface area contributed by atoms with E-state index in [4.69, 9.17) is 42.4 Å². The predicted octanol–water partition coefficient (Wildman–Crippen LogP) is 3.04. The molecule has 1 aromatic carbocycles. The zero-order valence-corrected chi connectivity index (χ0v) is 24.0. The number of aromatic nitrogens is 3. The molecule has 12 nitrogen and oxygen atoms in total. The molecule has 15 heteroatoms. The summed E-state index contributed by atoms with van der Waals surface area (Å²) in [5.41, 5.74) is 3.50. The van der Waals surface area contributed by atoms with Crippen molar-refractivity contribution < 1.29 is 24.1 Å². The van der Waals surface area contributed by atoms with Gasteiger partial charge in [-0.15, -0.1) is 11.3 Å². The standard InChI is InChI=1S/C25H27Cl2N7O5S/c1-4-19(35)30-15-9-39-10-16(15)31-24-28-6-13-7-33(22-20(26)17(37-2)5-18(38-3)21(22)27)25(36)34(23(13)32-24)8-14-11-40-12-29-14/h4-6,11-12,15-16,25,36H,1,7-10H2,2-3H3,(H,30,35)(H,28,31,32). The highest BCUT2D eigenvalue weighted by Crippen LogP contribution is 2.48. The van der Waals surface area contributed by atoms with E-state index in [1.54, 1.807) is 27.6 Å². The average Bonchev–Trinajstić information content (AvgIpc) is 3.63. The van der Waals surface area contributed by atoms with Gasteiger partial charge in [0.1, 0.15) is 27.4 Å². The van der Waals surface area contributed by atoms with E-state index in [1.165, 1.54) is 31.6 Å². The van der Waals surface area contributed by atoms with Crippen molar-refractivity contribution >= 4 is 57.9 Å². The summed E-state index contributed by atoms with van der Waals surface area (Å²) in [6.45, 7) is 4.63. The van der Waals surface area contributed by atoms with Crippen LogP contribution in [-0.2, 0) is 22.6 Å². The van der Waals surface area contributed by atoms with Crippen molar-refractivity contribution in [3.63, 3.8) is 0 Å². The number of anilines is 3. The summed E-state index contributed by atoms with van der Waals surface area (Å²) in [7, 11) is 2.97. The molecule has 0 radical (unpaired) electrons. The predicted molar refractivity (Wildman–Crippen MR) is 152 cm³/mol. The van der Waals surface area contributed by atoms with Gasteiger partial charge >= 0.3 is 0 Å². The molecule has 3 N–H and O–H groups in total. The maximum Gasteiger partial charge on any atom is 0.243 e. The molecular weight excluding hydrogens is 581 g/mol. The van der Waals surface area contributed by atoms with Gasteiger partial charge in [0.25, 0.3) is 0 Å². The maximum absolute atomic E-state index is 11.8. The minimum Gasteiger partial charge on any atom is -0.495 e. The van der Waals surface area contributed by atoms with Gasteiger partial charge in [-0.1, -0.05) is 29.8 Å². The Bertz CT molecular complexity index is 1370. The molecule has 2 aliphatic heterocycles. The van der Waals surface area contributed by atoms with Gasteiger partial charge in [0.2, 0.25) is 18.2 Å². The zero-order valence-electron chi connectivity index (χ0n) is 21.6. The first-order chi connectivity index (χ1) is 19.3. The fourth-order valence-corrected chi connectivity index (χ4v) is 5.85. The van der Waals surface area contributed by atoms with Crippen LogP contribution in [-0.4, -0.2) is 71.8 Å². The Hall–Kier alpha value is -3.36. The number of fused-ring (bicyclic) bond motifs is 1. The summed E-state index contributed by atoms with van der Waals surface area (Å²) in [5, 5.41) is 20.1. The molecule has 1 saturated heterocycles. The number of nitrogens with one attached hydrogen (secondary N) is 2. The monoisotopic (exact) mass is 607 g/mol. The van der Waals surface area contributed by atoms with E-state index in [9.17, 15) is 9.90 Å². The van der Waals surface area contributed by atoms with Crippen LogP contribution in [0, 0.1) is 0 Å². The molecule has 0 spiro atoms. The van der Waals surface area contributed by atoms with Gasteiger partial charge in [0, 0.05) is 23.2 Å². The Balaban J connectivity index is 1.51. The second-order valence-corrected chi connectivity index (χ2v) is 10.5. The first-order valence-electron chi connectivity index (χ1n) is 12.2. The number of rotatable bonds is 9. The molecule has 3 unspecified atom stereocenters. The van der Waals surface area contributed by atoms with Gasteiger partial charge in [0.15, 0.2) is 0 Å². The number of methoxy groups -OCH3 is 2. The van der Waals surface area contributed by atoms with Crippen LogP contribution in [0.2, 0.25) is 10.0 Å². The normalized spacial score (nSPS) is 20.2. The average molecular weight is 609 g/mol. The number of nitrogens with zero attached hydrogens (tertiary/aromatic N) is 5. The van der Waals surface area contributed by atoms with Gasteiger partial charge in [-0.05, 0) is 6.08 Å². The van der Waals surface area contributed by atoms with Crippen LogP contribution in [0.1, 0.15) is 11.3 Å². The number of aliphatic hydroxyl groups is 1. The smallest absolute Gasteiger partial charge is 0.243 e. The number of halogens is 2. The van der Waals surface area contributed by atoms with Gasteiger partial charge in [0.05, 0.1) is 69.5 Å². The van der Waals surface area contributed by atoms with Crippen LogP contribution in [0.15, 0.2) is 35.8 Å². The largest absolute Gasteiger partial charge is 0.495 e. The van der Waals surface area contributed by atoms with Crippen LogP contribution in [0.25, 0.3) is 0 Å². The number of hydrogen-bond donors (Lipinski definition) is 3. The summed E-state index contributed by atoms with van der Waals surface area (Å²) in [6, 6.07) is 1.04. The maximum atomic E-state index is 11.8. The van der Waals surface area contributed by atoms with Crippen LogP contribution >= 0.6 is 34.5 Å². The Morgan fingerprint density at radius 1 is 1.25 bits per heavy atom. The molecule has 3 atom stereocenters. The number of ether oxygens (including phenoxy) is 3. The lowest BCUT2D eigenvalue weighted by Crippen LogP contribution is -2.52. The van der Waals surface area contributed by atoms with E-state index in [-0.39, 0.29) is 41.1 Å². The van der Waals surface area contributed by atoms with Gasteiger partial charge in [-0.25, -0.2) is 9.97 Å². The molecule has 212 valence electrons. The van der Waals surface area contributed by atoms with Gasteiger partial charge in [-0.3, -0.25) is 4.79 Å². The third kappa shape index (κ3) is 5.47. The van der Waals surface area contributed by atoms with Crippen LogP contribution in [0.5, 0.6) is 11.5 Å². The van der Waals surface area contributed by atoms with Crippen molar-refractivity contribution in [3.8, 4) is 11.5 Å². The fourth-order valence-electron chi connectivity index (χ4n) is 4.58. The summed E-state index contributed by atoms with van der Waals surface area (Å²) in [5.74, 6) is 1.21.